The average molecular weight is 371 g/mol. The number of benzene rings is 2. The van der Waals surface area contributed by atoms with Gasteiger partial charge in [0.2, 0.25) is 0 Å². The maximum atomic E-state index is 12.8. The minimum Gasteiger partial charge on any atom is -0.267 e. The van der Waals surface area contributed by atoms with E-state index in [1.54, 1.807) is 24.3 Å². The van der Waals surface area contributed by atoms with E-state index in [-0.39, 0.29) is 5.56 Å². The van der Waals surface area contributed by atoms with Gasteiger partial charge < -0.3 is 0 Å². The summed E-state index contributed by atoms with van der Waals surface area (Å²) in [5.41, 5.74) is 1.60. The van der Waals surface area contributed by atoms with Crippen molar-refractivity contribution in [2.45, 2.75) is 6.18 Å². The SMILES string of the molecule is O=C(NN=Cc1ccccc1C(F)(F)F)c1ccccc1Br. The second-order valence-corrected chi connectivity index (χ2v) is 5.12. The van der Waals surface area contributed by atoms with Crippen molar-refractivity contribution >= 4 is 28.1 Å². The van der Waals surface area contributed by atoms with Crippen molar-refractivity contribution in [3.63, 3.8) is 0 Å². The van der Waals surface area contributed by atoms with Crippen molar-refractivity contribution in [3.05, 3.63) is 69.7 Å². The molecule has 0 atom stereocenters. The van der Waals surface area contributed by atoms with Crippen LogP contribution in [0.4, 0.5) is 13.2 Å². The standard InChI is InChI=1S/C15H10BrF3N2O/c16-13-8-4-2-6-11(13)14(22)21-20-9-10-5-1-3-7-12(10)15(17,18)19/h1-9H,(H,21,22). The summed E-state index contributed by atoms with van der Waals surface area (Å²) in [5.74, 6) is -0.520. The van der Waals surface area contributed by atoms with Crippen LogP contribution in [-0.4, -0.2) is 12.1 Å². The molecule has 3 nitrogen and oxygen atoms in total. The highest BCUT2D eigenvalue weighted by Gasteiger charge is 2.32. The number of carbonyl (C=O) groups is 1. The largest absolute Gasteiger partial charge is 0.417 e. The predicted molar refractivity (Wildman–Crippen MR) is 80.6 cm³/mol. The van der Waals surface area contributed by atoms with Crippen LogP contribution in [0, 0.1) is 0 Å². The zero-order valence-electron chi connectivity index (χ0n) is 11.1. The van der Waals surface area contributed by atoms with Gasteiger partial charge in [0.1, 0.15) is 0 Å². The molecule has 0 heterocycles. The minimum atomic E-state index is -4.48. The minimum absolute atomic E-state index is 0.123. The molecule has 0 radical (unpaired) electrons. The molecule has 0 bridgehead atoms. The molecule has 0 spiro atoms. The number of halogens is 4. The van der Waals surface area contributed by atoms with Crippen molar-refractivity contribution in [2.75, 3.05) is 0 Å². The van der Waals surface area contributed by atoms with Gasteiger partial charge in [-0.1, -0.05) is 30.3 Å². The Morgan fingerprint density at radius 3 is 2.41 bits per heavy atom. The second kappa shape index (κ2) is 6.74. The molecular formula is C15H10BrF3N2O. The number of rotatable bonds is 3. The molecule has 114 valence electrons. The molecule has 2 aromatic carbocycles. The van der Waals surface area contributed by atoms with E-state index in [0.717, 1.165) is 12.3 Å². The Bertz CT molecular complexity index is 714. The Kier molecular flexibility index (Phi) is 4.97. The van der Waals surface area contributed by atoms with Gasteiger partial charge in [-0.3, -0.25) is 4.79 Å². The van der Waals surface area contributed by atoms with Gasteiger partial charge in [-0.05, 0) is 34.1 Å². The normalized spacial score (nSPS) is 11.6. The third kappa shape index (κ3) is 3.94. The van der Waals surface area contributed by atoms with Crippen LogP contribution in [0.5, 0.6) is 0 Å². The summed E-state index contributed by atoms with van der Waals surface area (Å²) in [5, 5.41) is 3.59. The summed E-state index contributed by atoms with van der Waals surface area (Å²) in [6.45, 7) is 0. The van der Waals surface area contributed by atoms with Gasteiger partial charge in [0.25, 0.3) is 5.91 Å². The van der Waals surface area contributed by atoms with Gasteiger partial charge in [-0.2, -0.15) is 18.3 Å². The third-order valence-corrected chi connectivity index (χ3v) is 3.45. The lowest BCUT2D eigenvalue weighted by molar-refractivity contribution is -0.137. The zero-order valence-corrected chi connectivity index (χ0v) is 12.6. The summed E-state index contributed by atoms with van der Waals surface area (Å²) in [7, 11) is 0. The summed E-state index contributed by atoms with van der Waals surface area (Å²) >= 11 is 3.21. The van der Waals surface area contributed by atoms with Crippen molar-refractivity contribution < 1.29 is 18.0 Å². The number of hydrogen-bond donors (Lipinski definition) is 1. The number of amides is 1. The fourth-order valence-electron chi connectivity index (χ4n) is 1.73. The van der Waals surface area contributed by atoms with Crippen LogP contribution in [0.25, 0.3) is 0 Å². The molecule has 0 aliphatic heterocycles. The number of hydrogen-bond acceptors (Lipinski definition) is 2. The summed E-state index contributed by atoms with van der Waals surface area (Å²) in [6, 6.07) is 11.6. The van der Waals surface area contributed by atoms with E-state index in [4.69, 9.17) is 0 Å². The number of nitrogens with zero attached hydrogens (tertiary/aromatic N) is 1. The van der Waals surface area contributed by atoms with E-state index in [1.165, 1.54) is 18.2 Å². The van der Waals surface area contributed by atoms with E-state index in [9.17, 15) is 18.0 Å². The second-order valence-electron chi connectivity index (χ2n) is 4.26. The highest BCUT2D eigenvalue weighted by molar-refractivity contribution is 9.10. The van der Waals surface area contributed by atoms with Crippen LogP contribution in [0.15, 0.2) is 58.1 Å². The summed E-state index contributed by atoms with van der Waals surface area (Å²) < 4.78 is 39.0. The maximum absolute atomic E-state index is 12.8. The van der Waals surface area contributed by atoms with E-state index < -0.39 is 17.6 Å². The highest BCUT2D eigenvalue weighted by Crippen LogP contribution is 2.31. The van der Waals surface area contributed by atoms with Crippen molar-refractivity contribution in [3.8, 4) is 0 Å². The molecule has 1 N–H and O–H groups in total. The fraction of sp³-hybridized carbons (Fsp3) is 0.0667. The third-order valence-electron chi connectivity index (χ3n) is 2.75. The molecule has 0 saturated heterocycles. The van der Waals surface area contributed by atoms with Crippen LogP contribution in [0.1, 0.15) is 21.5 Å². The Hall–Kier alpha value is -2.15. The topological polar surface area (TPSA) is 41.5 Å². The van der Waals surface area contributed by atoms with E-state index in [0.29, 0.717) is 10.0 Å². The number of carbonyl (C=O) groups excluding carboxylic acids is 1. The zero-order chi connectivity index (χ0) is 16.2. The molecule has 0 saturated carbocycles. The number of hydrazone groups is 1. The van der Waals surface area contributed by atoms with E-state index in [2.05, 4.69) is 26.5 Å². The van der Waals surface area contributed by atoms with E-state index >= 15 is 0 Å². The number of alkyl halides is 3. The first kappa shape index (κ1) is 16.2. The van der Waals surface area contributed by atoms with Crippen molar-refractivity contribution in [1.82, 2.24) is 5.43 Å². The smallest absolute Gasteiger partial charge is 0.267 e. The van der Waals surface area contributed by atoms with Gasteiger partial charge in [-0.15, -0.1) is 0 Å². The predicted octanol–water partition coefficient (Wildman–Crippen LogP) is 4.23. The molecule has 22 heavy (non-hydrogen) atoms. The van der Waals surface area contributed by atoms with Crippen LogP contribution in [0.3, 0.4) is 0 Å². The van der Waals surface area contributed by atoms with Gasteiger partial charge >= 0.3 is 6.18 Å². The average Bonchev–Trinajstić information content (AvgIpc) is 2.47. The van der Waals surface area contributed by atoms with Crippen LogP contribution in [0.2, 0.25) is 0 Å². The van der Waals surface area contributed by atoms with Crippen LogP contribution < -0.4 is 5.43 Å². The van der Waals surface area contributed by atoms with Crippen LogP contribution in [-0.2, 0) is 6.18 Å². The first-order valence-corrected chi connectivity index (χ1v) is 6.93. The summed E-state index contributed by atoms with van der Waals surface area (Å²) in [6.07, 6.45) is -3.51. The molecule has 7 heteroatoms. The van der Waals surface area contributed by atoms with Crippen molar-refractivity contribution in [1.29, 1.82) is 0 Å². The Morgan fingerprint density at radius 1 is 1.09 bits per heavy atom. The van der Waals surface area contributed by atoms with Gasteiger partial charge in [0.15, 0.2) is 0 Å². The first-order valence-electron chi connectivity index (χ1n) is 6.14. The molecule has 2 rings (SSSR count). The lowest BCUT2D eigenvalue weighted by Crippen LogP contribution is -2.18. The molecular weight excluding hydrogens is 361 g/mol. The quantitative estimate of drug-likeness (QED) is 0.637. The highest BCUT2D eigenvalue weighted by atomic mass is 79.9. The molecule has 0 fully saturated rings. The number of nitrogens with one attached hydrogen (secondary N) is 1. The lowest BCUT2D eigenvalue weighted by Gasteiger charge is -2.09. The molecule has 0 aliphatic carbocycles. The van der Waals surface area contributed by atoms with Crippen LogP contribution >= 0.6 is 15.9 Å². The lowest BCUT2D eigenvalue weighted by atomic mass is 10.1. The Labute approximate surface area is 133 Å². The van der Waals surface area contributed by atoms with Crippen molar-refractivity contribution in [2.24, 2.45) is 5.10 Å². The van der Waals surface area contributed by atoms with Gasteiger partial charge in [-0.25, -0.2) is 5.43 Å². The fourth-order valence-corrected chi connectivity index (χ4v) is 2.20. The Balaban J connectivity index is 2.14. The van der Waals surface area contributed by atoms with Gasteiger partial charge in [0, 0.05) is 10.0 Å². The monoisotopic (exact) mass is 370 g/mol. The van der Waals surface area contributed by atoms with E-state index in [1.807, 2.05) is 0 Å². The maximum Gasteiger partial charge on any atom is 0.417 e. The molecule has 0 aromatic heterocycles. The molecule has 0 aliphatic rings. The summed E-state index contributed by atoms with van der Waals surface area (Å²) in [4.78, 5) is 11.9. The molecule has 0 unspecified atom stereocenters. The van der Waals surface area contributed by atoms with Gasteiger partial charge in [0.05, 0.1) is 17.3 Å². The molecule has 1 amide bonds. The first-order chi connectivity index (χ1) is 10.4. The Morgan fingerprint density at radius 2 is 1.73 bits per heavy atom. The molecule has 2 aromatic rings.